The number of rotatable bonds is 5. The van der Waals surface area contributed by atoms with Gasteiger partial charge < -0.3 is 0 Å². The lowest BCUT2D eigenvalue weighted by molar-refractivity contribution is -0.132. The Balaban J connectivity index is 1.62. The highest BCUT2D eigenvalue weighted by atomic mass is 32.1. The van der Waals surface area contributed by atoms with Crippen LogP contribution in [0, 0.1) is 0 Å². The van der Waals surface area contributed by atoms with Crippen molar-refractivity contribution in [3.8, 4) is 16.9 Å². The van der Waals surface area contributed by atoms with Gasteiger partial charge in [0, 0.05) is 35.0 Å². The van der Waals surface area contributed by atoms with Crippen LogP contribution < -0.4 is 0 Å². The number of hydrogen-bond donors (Lipinski definition) is 0. The molecule has 5 rings (SSSR count). The molecule has 2 aromatic heterocycles. The third-order valence-corrected chi connectivity index (χ3v) is 6.41. The van der Waals surface area contributed by atoms with E-state index in [9.17, 15) is 4.79 Å². The molecular weight excluding hydrogens is 404 g/mol. The van der Waals surface area contributed by atoms with Crippen LogP contribution >= 0.6 is 11.3 Å². The maximum absolute atomic E-state index is 12.7. The predicted octanol–water partition coefficient (Wildman–Crippen LogP) is 5.69. The van der Waals surface area contributed by atoms with Crippen molar-refractivity contribution in [2.45, 2.75) is 25.8 Å². The molecule has 154 valence electrons. The largest absolute Gasteiger partial charge is 0.273 e. The number of thiophene rings is 1. The number of carbonyl (C=O) groups excluding carboxylic acids is 1. The molecule has 31 heavy (non-hydrogen) atoms. The molecular formula is C25H22N4OS. The van der Waals surface area contributed by atoms with Crippen molar-refractivity contribution < 1.29 is 4.79 Å². The molecule has 0 radical (unpaired) electrons. The van der Waals surface area contributed by atoms with E-state index in [4.69, 9.17) is 10.2 Å². The van der Waals surface area contributed by atoms with Crippen molar-refractivity contribution in [3.05, 3.63) is 94.8 Å². The number of hydrazone groups is 1. The molecule has 1 amide bonds. The molecule has 0 saturated heterocycles. The average Bonchev–Trinajstić information content (AvgIpc) is 3.58. The maximum atomic E-state index is 12.7. The van der Waals surface area contributed by atoms with Gasteiger partial charge in [-0.1, -0.05) is 61.5 Å². The van der Waals surface area contributed by atoms with Gasteiger partial charge in [0.25, 0.3) is 0 Å². The number of carbonyl (C=O) groups is 1. The lowest BCUT2D eigenvalue weighted by atomic mass is 10.0. The Labute approximate surface area is 185 Å². The molecule has 0 spiro atoms. The highest BCUT2D eigenvalue weighted by Crippen LogP contribution is 2.37. The van der Waals surface area contributed by atoms with Gasteiger partial charge in [0.05, 0.1) is 17.4 Å². The van der Waals surface area contributed by atoms with E-state index in [2.05, 4.69) is 18.2 Å². The lowest BCUT2D eigenvalue weighted by Crippen LogP contribution is -2.25. The summed E-state index contributed by atoms with van der Waals surface area (Å²) in [5.41, 5.74) is 4.74. The van der Waals surface area contributed by atoms with Crippen LogP contribution in [-0.2, 0) is 4.79 Å². The monoisotopic (exact) mass is 426 g/mol. The summed E-state index contributed by atoms with van der Waals surface area (Å²) in [6.07, 6.45) is 3.13. The topological polar surface area (TPSA) is 50.5 Å². The Morgan fingerprint density at radius 3 is 2.45 bits per heavy atom. The zero-order valence-electron chi connectivity index (χ0n) is 17.2. The Morgan fingerprint density at radius 2 is 1.77 bits per heavy atom. The van der Waals surface area contributed by atoms with E-state index >= 15 is 0 Å². The summed E-state index contributed by atoms with van der Waals surface area (Å²) in [5, 5.41) is 13.4. The molecule has 1 unspecified atom stereocenters. The van der Waals surface area contributed by atoms with Crippen LogP contribution in [0.5, 0.6) is 0 Å². The van der Waals surface area contributed by atoms with Crippen molar-refractivity contribution in [3.63, 3.8) is 0 Å². The van der Waals surface area contributed by atoms with Gasteiger partial charge in [-0.05, 0) is 23.6 Å². The van der Waals surface area contributed by atoms with Crippen LogP contribution in [0.3, 0.4) is 0 Å². The molecule has 1 aliphatic heterocycles. The Bertz CT molecular complexity index is 1210. The number of para-hydroxylation sites is 1. The van der Waals surface area contributed by atoms with Crippen molar-refractivity contribution in [2.24, 2.45) is 5.10 Å². The third-order valence-electron chi connectivity index (χ3n) is 5.43. The first kappa shape index (κ1) is 19.5. The molecule has 1 atom stereocenters. The minimum atomic E-state index is -0.0638. The van der Waals surface area contributed by atoms with Crippen molar-refractivity contribution in [1.29, 1.82) is 0 Å². The molecule has 0 fully saturated rings. The van der Waals surface area contributed by atoms with E-state index in [0.29, 0.717) is 12.8 Å². The van der Waals surface area contributed by atoms with Gasteiger partial charge in [-0.3, -0.25) is 4.79 Å². The minimum Gasteiger partial charge on any atom is -0.273 e. The zero-order chi connectivity index (χ0) is 21.2. The molecule has 4 aromatic rings. The predicted molar refractivity (Wildman–Crippen MR) is 124 cm³/mol. The van der Waals surface area contributed by atoms with Crippen LogP contribution in [0.15, 0.2) is 89.5 Å². The number of hydrogen-bond acceptors (Lipinski definition) is 4. The second-order valence-electron chi connectivity index (χ2n) is 7.41. The van der Waals surface area contributed by atoms with Crippen LogP contribution in [0.2, 0.25) is 0 Å². The van der Waals surface area contributed by atoms with E-state index in [-0.39, 0.29) is 11.9 Å². The van der Waals surface area contributed by atoms with Gasteiger partial charge >= 0.3 is 0 Å². The van der Waals surface area contributed by atoms with Crippen LogP contribution in [0.1, 0.15) is 36.2 Å². The van der Waals surface area contributed by atoms with Crippen LogP contribution in [-0.4, -0.2) is 26.4 Å². The maximum Gasteiger partial charge on any atom is 0.243 e. The molecule has 1 aliphatic rings. The normalized spacial score (nSPS) is 15.8. The van der Waals surface area contributed by atoms with Gasteiger partial charge in [0.2, 0.25) is 5.91 Å². The smallest absolute Gasteiger partial charge is 0.243 e. The fraction of sp³-hybridized carbons (Fsp3) is 0.160. The summed E-state index contributed by atoms with van der Waals surface area (Å²) < 4.78 is 1.89. The highest BCUT2D eigenvalue weighted by molar-refractivity contribution is 7.10. The van der Waals surface area contributed by atoms with Gasteiger partial charge in [-0.25, -0.2) is 9.69 Å². The van der Waals surface area contributed by atoms with Gasteiger partial charge in [-0.15, -0.1) is 11.3 Å². The Hall–Kier alpha value is -3.51. The fourth-order valence-corrected chi connectivity index (χ4v) is 4.69. The molecule has 3 heterocycles. The van der Waals surface area contributed by atoms with Crippen LogP contribution in [0.25, 0.3) is 16.9 Å². The Kier molecular flexibility index (Phi) is 5.22. The van der Waals surface area contributed by atoms with E-state index in [1.54, 1.807) is 16.3 Å². The standard InChI is InChI=1S/C25H22N4OS/c1-2-24(30)29-22(23-14-9-15-31-23)16-21(26-29)20-17-28(19-12-7-4-8-13-19)27-25(20)18-10-5-3-6-11-18/h3-15,17,22H,2,16H2,1H3. The molecule has 0 saturated carbocycles. The summed E-state index contributed by atoms with van der Waals surface area (Å²) in [6.45, 7) is 1.88. The van der Waals surface area contributed by atoms with Crippen LogP contribution in [0.4, 0.5) is 0 Å². The van der Waals surface area contributed by atoms with E-state index in [1.165, 1.54) is 0 Å². The summed E-state index contributed by atoms with van der Waals surface area (Å²) in [4.78, 5) is 13.8. The zero-order valence-corrected chi connectivity index (χ0v) is 18.0. The summed E-state index contributed by atoms with van der Waals surface area (Å²) in [5.74, 6) is 0.0325. The first-order valence-corrected chi connectivity index (χ1v) is 11.3. The van der Waals surface area contributed by atoms with Crippen molar-refractivity contribution in [2.75, 3.05) is 0 Å². The summed E-state index contributed by atoms with van der Waals surface area (Å²) >= 11 is 1.66. The summed E-state index contributed by atoms with van der Waals surface area (Å²) in [7, 11) is 0. The molecule has 0 N–H and O–H groups in total. The molecule has 0 bridgehead atoms. The SMILES string of the molecule is CCC(=O)N1N=C(c2cn(-c3ccccc3)nc2-c2ccccc2)CC1c1cccs1. The van der Waals surface area contributed by atoms with Gasteiger partial charge in [0.1, 0.15) is 5.69 Å². The average molecular weight is 427 g/mol. The third kappa shape index (κ3) is 3.70. The highest BCUT2D eigenvalue weighted by Gasteiger charge is 2.34. The Morgan fingerprint density at radius 1 is 1.03 bits per heavy atom. The van der Waals surface area contributed by atoms with E-state index < -0.39 is 0 Å². The summed E-state index contributed by atoms with van der Waals surface area (Å²) in [6, 6.07) is 24.2. The number of nitrogens with zero attached hydrogens (tertiary/aromatic N) is 4. The number of aromatic nitrogens is 2. The minimum absolute atomic E-state index is 0.0325. The second kappa shape index (κ2) is 8.32. The van der Waals surface area contributed by atoms with Gasteiger partial charge in [0.15, 0.2) is 0 Å². The molecule has 2 aromatic carbocycles. The first-order chi connectivity index (χ1) is 15.2. The van der Waals surface area contributed by atoms with Crippen molar-refractivity contribution in [1.82, 2.24) is 14.8 Å². The fourth-order valence-electron chi connectivity index (χ4n) is 3.87. The molecule has 6 heteroatoms. The van der Waals surface area contributed by atoms with Crippen molar-refractivity contribution >= 4 is 23.0 Å². The quantitative estimate of drug-likeness (QED) is 0.412. The molecule has 5 nitrogen and oxygen atoms in total. The second-order valence-corrected chi connectivity index (χ2v) is 8.39. The number of benzene rings is 2. The first-order valence-electron chi connectivity index (χ1n) is 10.4. The lowest BCUT2D eigenvalue weighted by Gasteiger charge is -2.19. The van der Waals surface area contributed by atoms with E-state index in [1.807, 2.05) is 77.8 Å². The van der Waals surface area contributed by atoms with E-state index in [0.717, 1.165) is 33.1 Å². The number of amides is 1. The van der Waals surface area contributed by atoms with Gasteiger partial charge in [-0.2, -0.15) is 10.2 Å². The molecule has 0 aliphatic carbocycles.